The topological polar surface area (TPSA) is 161 Å². The molecular formula is C27H32N6O5S. The number of ether oxygens (including phenoxy) is 1. The molecule has 0 saturated carbocycles. The maximum atomic E-state index is 14.9. The number of rotatable bonds is 7. The summed E-state index contributed by atoms with van der Waals surface area (Å²) in [5.41, 5.74) is 7.74. The first-order valence-electron chi connectivity index (χ1n) is 12.7. The Bertz CT molecular complexity index is 1340. The van der Waals surface area contributed by atoms with E-state index >= 15 is 0 Å². The van der Waals surface area contributed by atoms with Crippen LogP contribution >= 0.6 is 0 Å². The third kappa shape index (κ3) is 4.79. The maximum absolute atomic E-state index is 14.9. The fourth-order valence-corrected chi connectivity index (χ4v) is 6.79. The lowest BCUT2D eigenvalue weighted by molar-refractivity contribution is -0.126. The number of amides is 2. The highest BCUT2D eigenvalue weighted by atomic mass is 32.2. The molecule has 3 heterocycles. The van der Waals surface area contributed by atoms with Gasteiger partial charge in [0.05, 0.1) is 24.8 Å². The lowest BCUT2D eigenvalue weighted by Crippen LogP contribution is -2.71. The largest absolute Gasteiger partial charge is 0.493 e. The molecule has 2 amide bonds. The molecule has 39 heavy (non-hydrogen) atoms. The van der Waals surface area contributed by atoms with Gasteiger partial charge in [0.15, 0.2) is 5.96 Å². The van der Waals surface area contributed by atoms with E-state index in [0.29, 0.717) is 36.4 Å². The zero-order valence-corrected chi connectivity index (χ0v) is 22.2. The van der Waals surface area contributed by atoms with Crippen molar-refractivity contribution in [2.45, 2.75) is 36.9 Å². The summed E-state index contributed by atoms with van der Waals surface area (Å²) < 4.78 is 30.6. The van der Waals surface area contributed by atoms with Crippen LogP contribution in [0.25, 0.3) is 0 Å². The van der Waals surface area contributed by atoms with E-state index in [-0.39, 0.29) is 43.8 Å². The summed E-state index contributed by atoms with van der Waals surface area (Å²) in [6.45, 7) is 4.79. The quantitative estimate of drug-likeness (QED) is 0.115. The first-order chi connectivity index (χ1) is 18.8. The van der Waals surface area contributed by atoms with Gasteiger partial charge in [0.2, 0.25) is 23.6 Å². The minimum Gasteiger partial charge on any atom is -0.493 e. The monoisotopic (exact) mass is 552 g/mol. The number of carbonyl (C=O) groups is 2. The van der Waals surface area contributed by atoms with Crippen LogP contribution in [0.3, 0.4) is 0 Å². The standard InChI is InChI=1S/C27H32N6O5S/c1-17-10-11-32(26(28)29)27(13-17,15-30-16-34)33-23-8-4-2-7-19(23)22(31-39(36)37)12-20(25(33)35)21-14-38-24-9-5-3-6-18(21)24/h2-9,16,20-22,31H,1,10-15H2,(H3,28,29)(H,30,34)(H,36,37)/t20-,21?,22?,27?/m0/s1. The van der Waals surface area contributed by atoms with Crippen molar-refractivity contribution < 1.29 is 23.1 Å². The summed E-state index contributed by atoms with van der Waals surface area (Å²) >= 11 is -2.35. The molecule has 1 fully saturated rings. The van der Waals surface area contributed by atoms with Crippen LogP contribution in [-0.4, -0.2) is 57.3 Å². The van der Waals surface area contributed by atoms with Crippen LogP contribution in [0, 0.1) is 11.3 Å². The number of hydrogen-bond acceptors (Lipinski definition) is 5. The van der Waals surface area contributed by atoms with Gasteiger partial charge >= 0.3 is 0 Å². The third-order valence-electron chi connectivity index (χ3n) is 7.95. The molecule has 206 valence electrons. The van der Waals surface area contributed by atoms with Crippen molar-refractivity contribution in [3.63, 3.8) is 0 Å². The molecule has 1 saturated heterocycles. The van der Waals surface area contributed by atoms with E-state index in [1.807, 2.05) is 36.4 Å². The molecule has 3 aliphatic rings. The van der Waals surface area contributed by atoms with E-state index < -0.39 is 28.9 Å². The van der Waals surface area contributed by atoms with Crippen molar-refractivity contribution in [1.82, 2.24) is 14.9 Å². The van der Waals surface area contributed by atoms with E-state index in [1.54, 1.807) is 21.9 Å². The Morgan fingerprint density at radius 1 is 1.23 bits per heavy atom. The number of carbonyl (C=O) groups excluding carboxylic acids is 2. The van der Waals surface area contributed by atoms with Crippen LogP contribution in [0.15, 0.2) is 60.7 Å². The summed E-state index contributed by atoms with van der Waals surface area (Å²) in [4.78, 5) is 29.8. The van der Waals surface area contributed by atoms with Crippen LogP contribution in [0.2, 0.25) is 0 Å². The van der Waals surface area contributed by atoms with E-state index in [1.165, 1.54) is 0 Å². The molecule has 3 aliphatic heterocycles. The molecule has 2 aromatic carbocycles. The van der Waals surface area contributed by atoms with Crippen molar-refractivity contribution in [3.8, 4) is 5.75 Å². The number of benzene rings is 2. The van der Waals surface area contributed by atoms with E-state index in [4.69, 9.17) is 15.9 Å². The first kappa shape index (κ1) is 26.9. The molecule has 4 unspecified atom stereocenters. The Hall–Kier alpha value is -3.74. The second-order valence-electron chi connectivity index (χ2n) is 10.1. The molecule has 5 atom stereocenters. The second-order valence-corrected chi connectivity index (χ2v) is 10.9. The number of nitrogens with one attached hydrogen (secondary N) is 3. The van der Waals surface area contributed by atoms with Crippen molar-refractivity contribution >= 4 is 35.2 Å². The average molecular weight is 553 g/mol. The fraction of sp³-hybridized carbons (Fsp3) is 0.370. The SMILES string of the molecule is C=C1CCN(C(=N)N)C(CNC=O)(N2C(=O)[C@H](C3COc4ccccc43)CC(NS(=O)O)c3ccccc32)C1. The summed E-state index contributed by atoms with van der Waals surface area (Å²) in [6.07, 6.45) is 1.62. The van der Waals surface area contributed by atoms with Crippen molar-refractivity contribution in [2.24, 2.45) is 11.7 Å². The van der Waals surface area contributed by atoms with Crippen LogP contribution < -0.4 is 25.4 Å². The lowest BCUT2D eigenvalue weighted by atomic mass is 9.81. The highest BCUT2D eigenvalue weighted by Crippen LogP contribution is 2.49. The molecule has 12 heteroatoms. The van der Waals surface area contributed by atoms with Gasteiger partial charge in [-0.3, -0.25) is 24.5 Å². The number of likely N-dealkylation sites (tertiary alicyclic amines) is 1. The van der Waals surface area contributed by atoms with Gasteiger partial charge in [-0.1, -0.05) is 48.6 Å². The number of nitrogens with zero attached hydrogens (tertiary/aromatic N) is 2. The Morgan fingerprint density at radius 2 is 1.95 bits per heavy atom. The molecule has 5 rings (SSSR count). The van der Waals surface area contributed by atoms with Crippen LogP contribution in [-0.2, 0) is 20.9 Å². The number of piperidine rings is 1. The number of nitrogens with two attached hydrogens (primary N) is 1. The molecule has 6 N–H and O–H groups in total. The summed E-state index contributed by atoms with van der Waals surface area (Å²) in [7, 11) is 0. The maximum Gasteiger partial charge on any atom is 0.232 e. The molecular weight excluding hydrogens is 520 g/mol. The molecule has 0 aliphatic carbocycles. The van der Waals surface area contributed by atoms with Gasteiger partial charge in [-0.25, -0.2) is 8.93 Å². The van der Waals surface area contributed by atoms with Gasteiger partial charge in [-0.15, -0.1) is 0 Å². The van der Waals surface area contributed by atoms with Crippen LogP contribution in [0.5, 0.6) is 5.75 Å². The van der Waals surface area contributed by atoms with E-state index in [2.05, 4.69) is 16.6 Å². The van der Waals surface area contributed by atoms with Crippen molar-refractivity contribution in [2.75, 3.05) is 24.6 Å². The molecule has 0 bridgehead atoms. The number of para-hydroxylation sites is 2. The Labute approximate surface area is 229 Å². The zero-order valence-electron chi connectivity index (χ0n) is 21.3. The normalized spacial score (nSPS) is 27.2. The van der Waals surface area contributed by atoms with E-state index in [0.717, 1.165) is 11.1 Å². The summed E-state index contributed by atoms with van der Waals surface area (Å²) in [5.74, 6) is -0.779. The minimum atomic E-state index is -2.35. The second kappa shape index (κ2) is 10.8. The van der Waals surface area contributed by atoms with Gasteiger partial charge in [0, 0.05) is 30.5 Å². The van der Waals surface area contributed by atoms with Crippen molar-refractivity contribution in [3.05, 3.63) is 71.8 Å². The smallest absolute Gasteiger partial charge is 0.232 e. The number of fused-ring (bicyclic) bond motifs is 2. The average Bonchev–Trinajstić information content (AvgIpc) is 3.29. The van der Waals surface area contributed by atoms with Gasteiger partial charge in [0.1, 0.15) is 11.4 Å². The van der Waals surface area contributed by atoms with Gasteiger partial charge in [-0.2, -0.15) is 0 Å². The molecule has 0 aromatic heterocycles. The zero-order chi connectivity index (χ0) is 27.7. The van der Waals surface area contributed by atoms with E-state index in [9.17, 15) is 18.4 Å². The Morgan fingerprint density at radius 3 is 2.67 bits per heavy atom. The first-order valence-corrected chi connectivity index (χ1v) is 13.8. The van der Waals surface area contributed by atoms with Gasteiger partial charge in [-0.05, 0) is 30.5 Å². The molecule has 11 nitrogen and oxygen atoms in total. The predicted octanol–water partition coefficient (Wildman–Crippen LogP) is 1.97. The number of guanidine groups is 1. The van der Waals surface area contributed by atoms with Crippen LogP contribution in [0.4, 0.5) is 5.69 Å². The van der Waals surface area contributed by atoms with Crippen molar-refractivity contribution in [1.29, 1.82) is 5.41 Å². The highest BCUT2D eigenvalue weighted by molar-refractivity contribution is 7.77. The number of anilines is 1. The molecule has 0 radical (unpaired) electrons. The number of hydrogen-bond donors (Lipinski definition) is 5. The Kier molecular flexibility index (Phi) is 7.43. The van der Waals surface area contributed by atoms with Gasteiger partial charge < -0.3 is 20.7 Å². The lowest BCUT2D eigenvalue weighted by Gasteiger charge is -2.54. The Balaban J connectivity index is 1.73. The predicted molar refractivity (Wildman–Crippen MR) is 147 cm³/mol. The van der Waals surface area contributed by atoms with Crippen LogP contribution in [0.1, 0.15) is 42.3 Å². The van der Waals surface area contributed by atoms with Gasteiger partial charge in [0.25, 0.3) is 0 Å². The summed E-state index contributed by atoms with van der Waals surface area (Å²) in [6, 6.07) is 14.1. The highest BCUT2D eigenvalue weighted by Gasteiger charge is 2.53. The third-order valence-corrected chi connectivity index (χ3v) is 8.43. The summed E-state index contributed by atoms with van der Waals surface area (Å²) in [5, 5.41) is 11.2. The molecule has 0 spiro atoms. The minimum absolute atomic E-state index is 0.0102. The fourth-order valence-electron chi connectivity index (χ4n) is 6.32. The molecule has 2 aromatic rings.